The largest absolute Gasteiger partial charge is 0.428 e. The summed E-state index contributed by atoms with van der Waals surface area (Å²) in [5, 5.41) is 0. The van der Waals surface area contributed by atoms with E-state index in [9.17, 15) is 0 Å². The number of hydrogen-bond acceptors (Lipinski definition) is 4. The molecule has 14 heavy (non-hydrogen) atoms. The van der Waals surface area contributed by atoms with Crippen LogP contribution in [0.25, 0.3) is 0 Å². The Morgan fingerprint density at radius 3 is 2.57 bits per heavy atom. The van der Waals surface area contributed by atoms with Crippen molar-refractivity contribution in [3.05, 3.63) is 11.5 Å². The fourth-order valence-corrected chi connectivity index (χ4v) is 1.19. The Bertz CT molecular complexity index is 294. The van der Waals surface area contributed by atoms with E-state index >= 15 is 0 Å². The summed E-state index contributed by atoms with van der Waals surface area (Å²) in [5.41, 5.74) is 6.53. The molecule has 2 N–H and O–H groups in total. The first-order valence-electron chi connectivity index (χ1n) is 4.88. The molecule has 0 aliphatic carbocycles. The van der Waals surface area contributed by atoms with Crippen LogP contribution < -0.4 is 10.6 Å². The maximum absolute atomic E-state index is 5.61. The Morgan fingerprint density at radius 1 is 1.50 bits per heavy atom. The van der Waals surface area contributed by atoms with E-state index < -0.39 is 0 Å². The van der Waals surface area contributed by atoms with Gasteiger partial charge in [0.2, 0.25) is 0 Å². The summed E-state index contributed by atoms with van der Waals surface area (Å²) in [6.45, 7) is 4.75. The van der Waals surface area contributed by atoms with E-state index in [4.69, 9.17) is 10.2 Å². The number of aryl methyl sites for hydroxylation is 1. The van der Waals surface area contributed by atoms with Crippen molar-refractivity contribution in [1.29, 1.82) is 0 Å². The lowest BCUT2D eigenvalue weighted by Gasteiger charge is -2.06. The summed E-state index contributed by atoms with van der Waals surface area (Å²) in [7, 11) is 3.84. The van der Waals surface area contributed by atoms with E-state index in [1.165, 1.54) is 0 Å². The van der Waals surface area contributed by atoms with Crippen LogP contribution in [0.2, 0.25) is 0 Å². The van der Waals surface area contributed by atoms with Crippen molar-refractivity contribution in [2.45, 2.75) is 20.3 Å². The van der Waals surface area contributed by atoms with Gasteiger partial charge in [0, 0.05) is 20.5 Å². The van der Waals surface area contributed by atoms with Crippen LogP contribution in [0.3, 0.4) is 0 Å². The lowest BCUT2D eigenvalue weighted by atomic mass is 10.1. The average Bonchev–Trinajstić information content (AvgIpc) is 2.48. The maximum atomic E-state index is 5.61. The first kappa shape index (κ1) is 11.0. The van der Waals surface area contributed by atoms with Crippen LogP contribution >= 0.6 is 0 Å². The normalized spacial score (nSPS) is 12.9. The Kier molecular flexibility index (Phi) is 3.52. The predicted molar refractivity (Wildman–Crippen MR) is 57.5 cm³/mol. The fraction of sp³-hybridized carbons (Fsp3) is 0.700. The molecule has 1 rings (SSSR count). The van der Waals surface area contributed by atoms with Gasteiger partial charge in [0.25, 0.3) is 6.01 Å². The molecule has 0 aromatic carbocycles. The molecular formula is C10H19N3O. The monoisotopic (exact) mass is 197 g/mol. The molecule has 80 valence electrons. The van der Waals surface area contributed by atoms with Crippen LogP contribution in [0.4, 0.5) is 6.01 Å². The van der Waals surface area contributed by atoms with E-state index in [0.29, 0.717) is 18.5 Å². The van der Waals surface area contributed by atoms with E-state index in [1.807, 2.05) is 25.9 Å². The first-order chi connectivity index (χ1) is 6.54. The summed E-state index contributed by atoms with van der Waals surface area (Å²) in [6, 6.07) is 0.668. The highest BCUT2D eigenvalue weighted by atomic mass is 16.4. The van der Waals surface area contributed by atoms with Crippen molar-refractivity contribution in [2.75, 3.05) is 25.5 Å². The van der Waals surface area contributed by atoms with Crippen LogP contribution in [0.1, 0.15) is 18.4 Å². The van der Waals surface area contributed by atoms with E-state index in [2.05, 4.69) is 11.9 Å². The Labute approximate surface area is 85.1 Å². The second-order valence-corrected chi connectivity index (χ2v) is 3.94. The van der Waals surface area contributed by atoms with Crippen molar-refractivity contribution < 1.29 is 4.42 Å². The minimum Gasteiger partial charge on any atom is -0.428 e. The fourth-order valence-electron chi connectivity index (χ4n) is 1.19. The summed E-state index contributed by atoms with van der Waals surface area (Å²) < 4.78 is 5.61. The number of nitrogens with two attached hydrogens (primary N) is 1. The van der Waals surface area contributed by atoms with Gasteiger partial charge in [0.1, 0.15) is 5.76 Å². The van der Waals surface area contributed by atoms with Gasteiger partial charge in [-0.2, -0.15) is 4.98 Å². The SMILES string of the molecule is Cc1nc(N(C)C)oc1CC(C)CN. The smallest absolute Gasteiger partial charge is 0.297 e. The highest BCUT2D eigenvalue weighted by Crippen LogP contribution is 2.19. The highest BCUT2D eigenvalue weighted by molar-refractivity contribution is 5.26. The molecule has 1 aromatic heterocycles. The summed E-state index contributed by atoms with van der Waals surface area (Å²) in [4.78, 5) is 6.18. The van der Waals surface area contributed by atoms with Gasteiger partial charge in [-0.3, -0.25) is 0 Å². The molecule has 0 amide bonds. The van der Waals surface area contributed by atoms with Gasteiger partial charge in [0.15, 0.2) is 0 Å². The van der Waals surface area contributed by atoms with Gasteiger partial charge >= 0.3 is 0 Å². The predicted octanol–water partition coefficient (Wildman–Crippen LogP) is 1.19. The van der Waals surface area contributed by atoms with Crippen LogP contribution in [0.15, 0.2) is 4.42 Å². The molecule has 1 unspecified atom stereocenters. The molecule has 4 heteroatoms. The lowest BCUT2D eigenvalue weighted by Crippen LogP contribution is -2.13. The van der Waals surface area contributed by atoms with Crippen molar-refractivity contribution in [1.82, 2.24) is 4.98 Å². The third-order valence-corrected chi connectivity index (χ3v) is 2.20. The second kappa shape index (κ2) is 4.46. The Morgan fingerprint density at radius 2 is 2.14 bits per heavy atom. The molecule has 0 aliphatic heterocycles. The molecule has 1 heterocycles. The summed E-state index contributed by atoms with van der Waals surface area (Å²) in [6.07, 6.45) is 0.864. The highest BCUT2D eigenvalue weighted by Gasteiger charge is 2.13. The first-order valence-corrected chi connectivity index (χ1v) is 4.88. The molecule has 1 atom stereocenters. The molecule has 0 saturated carbocycles. The van der Waals surface area contributed by atoms with E-state index in [-0.39, 0.29) is 0 Å². The number of hydrogen-bond donors (Lipinski definition) is 1. The zero-order valence-electron chi connectivity index (χ0n) is 9.37. The average molecular weight is 197 g/mol. The van der Waals surface area contributed by atoms with Gasteiger partial charge in [0.05, 0.1) is 5.69 Å². The lowest BCUT2D eigenvalue weighted by molar-refractivity contribution is 0.458. The van der Waals surface area contributed by atoms with E-state index in [0.717, 1.165) is 17.9 Å². The van der Waals surface area contributed by atoms with Gasteiger partial charge < -0.3 is 15.1 Å². The Hall–Kier alpha value is -1.03. The van der Waals surface area contributed by atoms with Gasteiger partial charge in [-0.05, 0) is 19.4 Å². The van der Waals surface area contributed by atoms with Crippen LogP contribution in [-0.2, 0) is 6.42 Å². The topological polar surface area (TPSA) is 55.3 Å². The number of rotatable bonds is 4. The molecule has 0 aliphatic rings. The van der Waals surface area contributed by atoms with Gasteiger partial charge in [-0.25, -0.2) is 0 Å². The molecule has 0 spiro atoms. The zero-order valence-corrected chi connectivity index (χ0v) is 9.37. The van der Waals surface area contributed by atoms with Crippen molar-refractivity contribution in [3.63, 3.8) is 0 Å². The third kappa shape index (κ3) is 2.48. The van der Waals surface area contributed by atoms with E-state index in [1.54, 1.807) is 0 Å². The van der Waals surface area contributed by atoms with Crippen LogP contribution in [0.5, 0.6) is 0 Å². The Balaban J connectivity index is 2.77. The third-order valence-electron chi connectivity index (χ3n) is 2.20. The number of anilines is 1. The molecule has 0 radical (unpaired) electrons. The van der Waals surface area contributed by atoms with Gasteiger partial charge in [-0.1, -0.05) is 6.92 Å². The molecule has 0 fully saturated rings. The maximum Gasteiger partial charge on any atom is 0.297 e. The standard InChI is InChI=1S/C10H19N3O/c1-7(6-11)5-9-8(2)12-10(14-9)13(3)4/h7H,5-6,11H2,1-4H3. The number of nitrogens with zero attached hydrogens (tertiary/aromatic N) is 2. The quantitative estimate of drug-likeness (QED) is 0.787. The van der Waals surface area contributed by atoms with Crippen LogP contribution in [0, 0.1) is 12.8 Å². The van der Waals surface area contributed by atoms with Crippen molar-refractivity contribution in [3.8, 4) is 0 Å². The van der Waals surface area contributed by atoms with Crippen molar-refractivity contribution in [2.24, 2.45) is 11.7 Å². The summed E-state index contributed by atoms with van der Waals surface area (Å²) in [5.74, 6) is 1.39. The number of oxazole rings is 1. The molecule has 0 bridgehead atoms. The minimum atomic E-state index is 0.441. The van der Waals surface area contributed by atoms with Gasteiger partial charge in [-0.15, -0.1) is 0 Å². The molecule has 1 aromatic rings. The zero-order chi connectivity index (χ0) is 10.7. The molecule has 4 nitrogen and oxygen atoms in total. The molecular weight excluding hydrogens is 178 g/mol. The van der Waals surface area contributed by atoms with Crippen molar-refractivity contribution >= 4 is 6.01 Å². The second-order valence-electron chi connectivity index (χ2n) is 3.94. The number of aromatic nitrogens is 1. The minimum absolute atomic E-state index is 0.441. The summed E-state index contributed by atoms with van der Waals surface area (Å²) >= 11 is 0. The van der Waals surface area contributed by atoms with Crippen LogP contribution in [-0.4, -0.2) is 25.6 Å². The molecule has 0 saturated heterocycles.